The molecule has 130 valence electrons. The smallest absolute Gasteiger partial charge is 0.309 e. The van der Waals surface area contributed by atoms with Gasteiger partial charge in [0, 0.05) is 0 Å². The molecule has 0 radical (unpaired) electrons. The summed E-state index contributed by atoms with van der Waals surface area (Å²) in [6, 6.07) is 1.88. The van der Waals surface area contributed by atoms with Crippen LogP contribution in [0.25, 0.3) is 0 Å². The van der Waals surface area contributed by atoms with Crippen LogP contribution in [0.2, 0.25) is 0 Å². The third-order valence-corrected chi connectivity index (χ3v) is 4.85. The van der Waals surface area contributed by atoms with Crippen LogP contribution in [0.1, 0.15) is 47.5 Å². The van der Waals surface area contributed by atoms with Crippen molar-refractivity contribution in [3.8, 4) is 6.07 Å². The van der Waals surface area contributed by atoms with Crippen LogP contribution < -0.4 is 5.32 Å². The Balaban J connectivity index is 2.56. The number of carbonyl (C=O) groups is 2. The van der Waals surface area contributed by atoms with Gasteiger partial charge >= 0.3 is 5.97 Å². The van der Waals surface area contributed by atoms with E-state index in [1.165, 1.54) is 0 Å². The number of nitrogens with zero attached hydrogens (tertiary/aromatic N) is 2. The minimum Gasteiger partial charge on any atom is -0.466 e. The summed E-state index contributed by atoms with van der Waals surface area (Å²) < 4.78 is 5.06. The molecule has 0 aromatic carbocycles. The molecular formula is C17H29N3O3. The first-order chi connectivity index (χ1) is 10.7. The van der Waals surface area contributed by atoms with E-state index < -0.39 is 5.54 Å². The molecule has 0 bridgehead atoms. The van der Waals surface area contributed by atoms with Crippen molar-refractivity contribution in [1.29, 1.82) is 5.26 Å². The number of nitrogens with one attached hydrogen (secondary N) is 1. The molecule has 1 saturated heterocycles. The van der Waals surface area contributed by atoms with Crippen molar-refractivity contribution in [1.82, 2.24) is 10.2 Å². The van der Waals surface area contributed by atoms with Crippen molar-refractivity contribution in [2.45, 2.75) is 59.0 Å². The van der Waals surface area contributed by atoms with Crippen LogP contribution in [-0.4, -0.2) is 48.1 Å². The fourth-order valence-electron chi connectivity index (χ4n) is 2.61. The summed E-state index contributed by atoms with van der Waals surface area (Å²) in [4.78, 5) is 26.3. The number of nitriles is 1. The summed E-state index contributed by atoms with van der Waals surface area (Å²) in [6.07, 6.45) is 1.41. The molecule has 0 unspecified atom stereocenters. The van der Waals surface area contributed by atoms with Crippen molar-refractivity contribution >= 4 is 11.9 Å². The van der Waals surface area contributed by atoms with Gasteiger partial charge in [-0.15, -0.1) is 0 Å². The Labute approximate surface area is 139 Å². The zero-order valence-electron chi connectivity index (χ0n) is 14.9. The monoisotopic (exact) mass is 323 g/mol. The van der Waals surface area contributed by atoms with Gasteiger partial charge in [0.05, 0.1) is 24.6 Å². The van der Waals surface area contributed by atoms with Gasteiger partial charge in [-0.1, -0.05) is 13.8 Å². The van der Waals surface area contributed by atoms with E-state index in [0.717, 1.165) is 0 Å². The van der Waals surface area contributed by atoms with Crippen LogP contribution in [0, 0.1) is 23.2 Å². The molecule has 0 spiro atoms. The summed E-state index contributed by atoms with van der Waals surface area (Å²) in [6.45, 7) is 11.0. The molecule has 23 heavy (non-hydrogen) atoms. The molecule has 1 aliphatic rings. The number of likely N-dealkylation sites (tertiary alicyclic amines) is 1. The summed E-state index contributed by atoms with van der Waals surface area (Å²) in [5, 5.41) is 12.2. The summed E-state index contributed by atoms with van der Waals surface area (Å²) >= 11 is 0. The maximum Gasteiger partial charge on any atom is 0.309 e. The van der Waals surface area contributed by atoms with Gasteiger partial charge in [0.1, 0.15) is 5.54 Å². The standard InChI is InChI=1S/C17H29N3O3/c1-6-23-16(22)14-7-9-20(10-8-14)13(4)15(21)19-17(5,11-18)12(2)3/h12-14H,6-10H2,1-5H3,(H,19,21)/t13-,17+/m0/s1. The molecule has 6 heteroatoms. The van der Waals surface area contributed by atoms with E-state index in [1.54, 1.807) is 13.8 Å². The predicted octanol–water partition coefficient (Wildman–Crippen LogP) is 1.70. The summed E-state index contributed by atoms with van der Waals surface area (Å²) in [5.41, 5.74) is -0.866. The van der Waals surface area contributed by atoms with Crippen LogP contribution in [0.4, 0.5) is 0 Å². The second-order valence-electron chi connectivity index (χ2n) is 6.70. The zero-order valence-corrected chi connectivity index (χ0v) is 14.9. The second-order valence-corrected chi connectivity index (χ2v) is 6.70. The van der Waals surface area contributed by atoms with Crippen LogP contribution >= 0.6 is 0 Å². The molecule has 0 aromatic rings. The fourth-order valence-corrected chi connectivity index (χ4v) is 2.61. The lowest BCUT2D eigenvalue weighted by Crippen LogP contribution is -2.56. The molecule has 1 fully saturated rings. The Kier molecular flexibility index (Phi) is 7.01. The minimum absolute atomic E-state index is 0.0261. The van der Waals surface area contributed by atoms with Gasteiger partial charge in [-0.25, -0.2) is 0 Å². The number of hydrogen-bond acceptors (Lipinski definition) is 5. The van der Waals surface area contributed by atoms with Gasteiger partial charge in [-0.05, 0) is 52.6 Å². The largest absolute Gasteiger partial charge is 0.466 e. The maximum atomic E-state index is 12.4. The molecule has 1 N–H and O–H groups in total. The van der Waals surface area contributed by atoms with E-state index in [9.17, 15) is 14.9 Å². The summed E-state index contributed by atoms with van der Waals surface area (Å²) in [7, 11) is 0. The first kappa shape index (κ1) is 19.4. The number of amides is 1. The third-order valence-electron chi connectivity index (χ3n) is 4.85. The van der Waals surface area contributed by atoms with Gasteiger partial charge in [0.2, 0.25) is 5.91 Å². The van der Waals surface area contributed by atoms with Crippen LogP contribution in [0.15, 0.2) is 0 Å². The van der Waals surface area contributed by atoms with E-state index in [-0.39, 0.29) is 29.8 Å². The molecule has 1 aliphatic heterocycles. The zero-order chi connectivity index (χ0) is 17.6. The molecule has 6 nitrogen and oxygen atoms in total. The molecule has 0 aromatic heterocycles. The van der Waals surface area contributed by atoms with Gasteiger partial charge in [0.25, 0.3) is 0 Å². The lowest BCUT2D eigenvalue weighted by atomic mass is 9.89. The third kappa shape index (κ3) is 4.93. The lowest BCUT2D eigenvalue weighted by Gasteiger charge is -2.36. The molecule has 1 amide bonds. The van der Waals surface area contributed by atoms with Crippen molar-refractivity contribution in [2.24, 2.45) is 11.8 Å². The minimum atomic E-state index is -0.866. The molecule has 0 saturated carbocycles. The lowest BCUT2D eigenvalue weighted by molar-refractivity contribution is -0.149. The molecule has 0 aliphatic carbocycles. The van der Waals surface area contributed by atoms with Gasteiger partial charge in [0.15, 0.2) is 0 Å². The molecular weight excluding hydrogens is 294 g/mol. The van der Waals surface area contributed by atoms with Gasteiger partial charge in [-0.3, -0.25) is 14.5 Å². The maximum absolute atomic E-state index is 12.4. The molecule has 1 heterocycles. The number of rotatable bonds is 6. The first-order valence-corrected chi connectivity index (χ1v) is 8.39. The number of piperidine rings is 1. The van der Waals surface area contributed by atoms with Crippen LogP contribution in [-0.2, 0) is 14.3 Å². The second kappa shape index (κ2) is 8.30. The number of esters is 1. The Hall–Kier alpha value is -1.61. The topological polar surface area (TPSA) is 82.4 Å². The predicted molar refractivity (Wildman–Crippen MR) is 87.4 cm³/mol. The Morgan fingerprint density at radius 2 is 1.91 bits per heavy atom. The normalized spacial score (nSPS) is 20.4. The average molecular weight is 323 g/mol. The van der Waals surface area contributed by atoms with E-state index >= 15 is 0 Å². The van der Waals surface area contributed by atoms with Gasteiger partial charge < -0.3 is 10.1 Å². The Bertz CT molecular complexity index is 464. The highest BCUT2D eigenvalue weighted by Crippen LogP contribution is 2.21. The SMILES string of the molecule is CCOC(=O)C1CCN([C@@H](C)C(=O)N[C@](C)(C#N)C(C)C)CC1. The van der Waals surface area contributed by atoms with Crippen molar-refractivity contribution in [3.63, 3.8) is 0 Å². The van der Waals surface area contributed by atoms with Crippen molar-refractivity contribution < 1.29 is 14.3 Å². The van der Waals surface area contributed by atoms with Crippen LogP contribution in [0.5, 0.6) is 0 Å². The number of carbonyl (C=O) groups excluding carboxylic acids is 2. The average Bonchev–Trinajstić information content (AvgIpc) is 2.54. The Morgan fingerprint density at radius 1 is 1.35 bits per heavy atom. The van der Waals surface area contributed by atoms with Crippen molar-refractivity contribution in [2.75, 3.05) is 19.7 Å². The van der Waals surface area contributed by atoms with E-state index in [1.807, 2.05) is 20.8 Å². The highest BCUT2D eigenvalue weighted by molar-refractivity contribution is 5.82. The molecule has 2 atom stereocenters. The highest BCUT2D eigenvalue weighted by Gasteiger charge is 2.35. The van der Waals surface area contributed by atoms with Gasteiger partial charge in [-0.2, -0.15) is 5.26 Å². The fraction of sp³-hybridized carbons (Fsp3) is 0.824. The van der Waals surface area contributed by atoms with E-state index in [0.29, 0.717) is 32.5 Å². The number of hydrogen-bond donors (Lipinski definition) is 1. The van der Waals surface area contributed by atoms with E-state index in [2.05, 4.69) is 16.3 Å². The quantitative estimate of drug-likeness (QED) is 0.752. The van der Waals surface area contributed by atoms with Crippen LogP contribution in [0.3, 0.4) is 0 Å². The Morgan fingerprint density at radius 3 is 2.35 bits per heavy atom. The number of ether oxygens (including phenoxy) is 1. The van der Waals surface area contributed by atoms with Crippen molar-refractivity contribution in [3.05, 3.63) is 0 Å². The summed E-state index contributed by atoms with van der Waals surface area (Å²) in [5.74, 6) is -0.321. The first-order valence-electron chi connectivity index (χ1n) is 8.39. The van der Waals surface area contributed by atoms with E-state index in [4.69, 9.17) is 4.74 Å². The highest BCUT2D eigenvalue weighted by atomic mass is 16.5. The molecule has 1 rings (SSSR count).